The molecule has 110 valence electrons. The van der Waals surface area contributed by atoms with Crippen LogP contribution in [0.4, 0.5) is 0 Å². The number of aliphatic hydroxyl groups is 1. The number of carbonyl (C=O) groups is 1. The number of unbranched alkanes of at least 4 members (excludes halogenated alkanes) is 3. The molecule has 0 bridgehead atoms. The first-order valence-electron chi connectivity index (χ1n) is 7.30. The summed E-state index contributed by atoms with van der Waals surface area (Å²) in [5, 5.41) is 9.64. The molecule has 0 aliphatic rings. The standard InChI is InChI=1S/C17H24O3/c1-2-3-4-8-11-16(18)12-13-17(19)20-14-15-9-6-5-7-10-15/h5-7,9-10,12,18H,2-4,8,11,13-14H2,1H3/b16-12+. The second-order valence-corrected chi connectivity index (χ2v) is 4.86. The lowest BCUT2D eigenvalue weighted by Crippen LogP contribution is -2.03. The molecule has 0 radical (unpaired) electrons. The highest BCUT2D eigenvalue weighted by Crippen LogP contribution is 2.09. The summed E-state index contributed by atoms with van der Waals surface area (Å²) < 4.78 is 5.13. The summed E-state index contributed by atoms with van der Waals surface area (Å²) in [6.45, 7) is 2.43. The second-order valence-electron chi connectivity index (χ2n) is 4.86. The third-order valence-corrected chi connectivity index (χ3v) is 3.03. The number of allylic oxidation sites excluding steroid dienone is 1. The Morgan fingerprint density at radius 1 is 1.20 bits per heavy atom. The lowest BCUT2D eigenvalue weighted by atomic mass is 10.1. The first-order valence-corrected chi connectivity index (χ1v) is 7.30. The molecule has 1 rings (SSSR count). The van der Waals surface area contributed by atoms with Gasteiger partial charge in [0.25, 0.3) is 0 Å². The molecule has 0 aromatic heterocycles. The van der Waals surface area contributed by atoms with Crippen LogP contribution in [0.25, 0.3) is 0 Å². The summed E-state index contributed by atoms with van der Waals surface area (Å²) in [4.78, 5) is 11.5. The van der Waals surface area contributed by atoms with Crippen molar-refractivity contribution in [1.82, 2.24) is 0 Å². The van der Waals surface area contributed by atoms with Crippen LogP contribution in [-0.4, -0.2) is 11.1 Å². The highest BCUT2D eigenvalue weighted by atomic mass is 16.5. The van der Waals surface area contributed by atoms with E-state index in [0.717, 1.165) is 18.4 Å². The number of hydrogen-bond donors (Lipinski definition) is 1. The molecule has 0 spiro atoms. The smallest absolute Gasteiger partial charge is 0.310 e. The summed E-state index contributed by atoms with van der Waals surface area (Å²) in [7, 11) is 0. The van der Waals surface area contributed by atoms with E-state index in [1.807, 2.05) is 30.3 Å². The average molecular weight is 276 g/mol. The minimum Gasteiger partial charge on any atom is -0.513 e. The van der Waals surface area contributed by atoms with Crippen molar-refractivity contribution in [3.8, 4) is 0 Å². The van der Waals surface area contributed by atoms with Crippen LogP contribution < -0.4 is 0 Å². The fourth-order valence-corrected chi connectivity index (χ4v) is 1.83. The van der Waals surface area contributed by atoms with Crippen LogP contribution in [0, 0.1) is 0 Å². The van der Waals surface area contributed by atoms with Crippen LogP contribution in [0.2, 0.25) is 0 Å². The zero-order valence-corrected chi connectivity index (χ0v) is 12.2. The SMILES string of the molecule is CCCCCC/C(O)=C\CC(=O)OCc1ccccc1. The predicted molar refractivity (Wildman–Crippen MR) is 80.3 cm³/mol. The number of esters is 1. The summed E-state index contributed by atoms with van der Waals surface area (Å²) in [6, 6.07) is 9.56. The number of benzene rings is 1. The zero-order valence-electron chi connectivity index (χ0n) is 12.2. The molecule has 0 saturated carbocycles. The Labute approximate surface area is 121 Å². The number of hydrogen-bond acceptors (Lipinski definition) is 3. The van der Waals surface area contributed by atoms with Crippen molar-refractivity contribution in [2.75, 3.05) is 0 Å². The van der Waals surface area contributed by atoms with Gasteiger partial charge in [0, 0.05) is 6.42 Å². The van der Waals surface area contributed by atoms with Gasteiger partial charge in [0.1, 0.15) is 6.61 Å². The molecule has 0 heterocycles. The van der Waals surface area contributed by atoms with Gasteiger partial charge in [-0.2, -0.15) is 0 Å². The Bertz CT molecular complexity index is 410. The van der Waals surface area contributed by atoms with E-state index in [1.165, 1.54) is 12.8 Å². The van der Waals surface area contributed by atoms with Crippen molar-refractivity contribution < 1.29 is 14.6 Å². The van der Waals surface area contributed by atoms with Gasteiger partial charge in [-0.3, -0.25) is 4.79 Å². The van der Waals surface area contributed by atoms with Gasteiger partial charge in [0.05, 0.1) is 12.2 Å². The average Bonchev–Trinajstić information content (AvgIpc) is 2.48. The van der Waals surface area contributed by atoms with E-state index >= 15 is 0 Å². The Balaban J connectivity index is 2.18. The summed E-state index contributed by atoms with van der Waals surface area (Å²) in [5.41, 5.74) is 0.966. The van der Waals surface area contributed by atoms with E-state index in [-0.39, 0.29) is 24.8 Å². The molecule has 3 heteroatoms. The molecule has 1 aromatic rings. The fourth-order valence-electron chi connectivity index (χ4n) is 1.83. The number of aliphatic hydroxyl groups excluding tert-OH is 1. The zero-order chi connectivity index (χ0) is 14.6. The summed E-state index contributed by atoms with van der Waals surface area (Å²) in [5.74, 6) is -0.0216. The van der Waals surface area contributed by atoms with Crippen molar-refractivity contribution in [2.45, 2.75) is 52.1 Å². The van der Waals surface area contributed by atoms with E-state index in [2.05, 4.69) is 6.92 Å². The van der Waals surface area contributed by atoms with Gasteiger partial charge in [-0.25, -0.2) is 0 Å². The molecule has 0 unspecified atom stereocenters. The highest BCUT2D eigenvalue weighted by molar-refractivity contribution is 5.71. The van der Waals surface area contributed by atoms with Crippen LogP contribution in [0.15, 0.2) is 42.2 Å². The van der Waals surface area contributed by atoms with Crippen LogP contribution in [-0.2, 0) is 16.1 Å². The van der Waals surface area contributed by atoms with Crippen molar-refractivity contribution in [3.63, 3.8) is 0 Å². The molecule has 20 heavy (non-hydrogen) atoms. The monoisotopic (exact) mass is 276 g/mol. The van der Waals surface area contributed by atoms with Crippen molar-refractivity contribution in [3.05, 3.63) is 47.7 Å². The van der Waals surface area contributed by atoms with Gasteiger partial charge in [0.15, 0.2) is 0 Å². The molecule has 3 nitrogen and oxygen atoms in total. The fraction of sp³-hybridized carbons (Fsp3) is 0.471. The topological polar surface area (TPSA) is 46.5 Å². The minimum atomic E-state index is -0.311. The van der Waals surface area contributed by atoms with E-state index in [9.17, 15) is 9.90 Å². The third kappa shape index (κ3) is 7.62. The van der Waals surface area contributed by atoms with Crippen molar-refractivity contribution in [2.24, 2.45) is 0 Å². The van der Waals surface area contributed by atoms with Gasteiger partial charge in [-0.15, -0.1) is 0 Å². The molecule has 1 aromatic carbocycles. The van der Waals surface area contributed by atoms with E-state index in [1.54, 1.807) is 6.08 Å². The molecule has 0 atom stereocenters. The van der Waals surface area contributed by atoms with E-state index in [4.69, 9.17) is 4.74 Å². The maximum absolute atomic E-state index is 11.5. The van der Waals surface area contributed by atoms with Crippen LogP contribution in [0.3, 0.4) is 0 Å². The molecular formula is C17H24O3. The lowest BCUT2D eigenvalue weighted by molar-refractivity contribution is -0.143. The van der Waals surface area contributed by atoms with Crippen LogP contribution in [0.1, 0.15) is 51.0 Å². The quantitative estimate of drug-likeness (QED) is 0.409. The van der Waals surface area contributed by atoms with Crippen molar-refractivity contribution in [1.29, 1.82) is 0 Å². The summed E-state index contributed by atoms with van der Waals surface area (Å²) in [6.07, 6.45) is 6.78. The van der Waals surface area contributed by atoms with Crippen LogP contribution in [0.5, 0.6) is 0 Å². The third-order valence-electron chi connectivity index (χ3n) is 3.03. The van der Waals surface area contributed by atoms with Gasteiger partial charge in [-0.1, -0.05) is 56.5 Å². The highest BCUT2D eigenvalue weighted by Gasteiger charge is 2.02. The normalized spacial score (nSPS) is 11.3. The molecule has 0 saturated heterocycles. The molecule has 0 fully saturated rings. The first kappa shape index (κ1) is 16.3. The molecule has 0 aliphatic heterocycles. The Morgan fingerprint density at radius 3 is 2.65 bits per heavy atom. The van der Waals surface area contributed by atoms with E-state index < -0.39 is 0 Å². The predicted octanol–water partition coefficient (Wildman–Crippen LogP) is 4.53. The largest absolute Gasteiger partial charge is 0.513 e. The second kappa shape index (κ2) is 10.1. The maximum atomic E-state index is 11.5. The van der Waals surface area contributed by atoms with E-state index in [0.29, 0.717) is 6.42 Å². The Kier molecular flexibility index (Phi) is 8.20. The van der Waals surface area contributed by atoms with Gasteiger partial charge >= 0.3 is 5.97 Å². The minimum absolute atomic E-state index is 0.131. The number of carbonyl (C=O) groups excluding carboxylic acids is 1. The van der Waals surface area contributed by atoms with Gasteiger partial charge < -0.3 is 9.84 Å². The molecule has 1 N–H and O–H groups in total. The lowest BCUT2D eigenvalue weighted by Gasteiger charge is -2.04. The Morgan fingerprint density at radius 2 is 1.95 bits per heavy atom. The molecular weight excluding hydrogens is 252 g/mol. The van der Waals surface area contributed by atoms with Crippen LogP contribution >= 0.6 is 0 Å². The van der Waals surface area contributed by atoms with Crippen molar-refractivity contribution >= 4 is 5.97 Å². The first-order chi connectivity index (χ1) is 9.72. The van der Waals surface area contributed by atoms with Gasteiger partial charge in [-0.05, 0) is 18.1 Å². The molecule has 0 aliphatic carbocycles. The maximum Gasteiger partial charge on any atom is 0.310 e. The number of rotatable bonds is 9. The number of ether oxygens (including phenoxy) is 1. The van der Waals surface area contributed by atoms with Gasteiger partial charge in [0.2, 0.25) is 0 Å². The summed E-state index contributed by atoms with van der Waals surface area (Å²) >= 11 is 0. The molecule has 0 amide bonds. The Hall–Kier alpha value is -1.77.